The summed E-state index contributed by atoms with van der Waals surface area (Å²) in [6, 6.07) is 22.5. The van der Waals surface area contributed by atoms with Gasteiger partial charge in [-0.1, -0.05) is 60.7 Å². The summed E-state index contributed by atoms with van der Waals surface area (Å²) in [4.78, 5) is 8.36. The number of benzene rings is 2. The van der Waals surface area contributed by atoms with Gasteiger partial charge < -0.3 is 10.1 Å². The third-order valence-electron chi connectivity index (χ3n) is 5.56. The molecule has 35 heavy (non-hydrogen) atoms. The Morgan fingerprint density at radius 2 is 1.63 bits per heavy atom. The van der Waals surface area contributed by atoms with Gasteiger partial charge in [-0.05, 0) is 30.7 Å². The van der Waals surface area contributed by atoms with E-state index in [0.29, 0.717) is 23.0 Å². The Bertz CT molecular complexity index is 1450. The number of fused-ring (bicyclic) bond motifs is 3. The predicted molar refractivity (Wildman–Crippen MR) is 126 cm³/mol. The van der Waals surface area contributed by atoms with Crippen LogP contribution in [0.25, 0.3) is 16.4 Å². The van der Waals surface area contributed by atoms with E-state index in [4.69, 9.17) is 4.74 Å². The molecule has 0 saturated carbocycles. The molecule has 0 bridgehead atoms. The number of hydrogen-bond acceptors (Lipinski definition) is 5. The van der Waals surface area contributed by atoms with E-state index in [1.54, 1.807) is 30.3 Å². The fourth-order valence-electron chi connectivity index (χ4n) is 3.87. The summed E-state index contributed by atoms with van der Waals surface area (Å²) in [5.41, 5.74) is 1.51. The number of nitrogens with zero attached hydrogens (tertiary/aromatic N) is 4. The SMILES string of the molecule is FC(F)(F)c1nc2c3ccccc3cnn2c1OCc1cccc(CNCCc2ccccc2)n1. The number of alkyl halides is 3. The van der Waals surface area contributed by atoms with E-state index in [0.717, 1.165) is 23.2 Å². The number of ether oxygens (including phenoxy) is 1. The fraction of sp³-hybridized carbons (Fsp3) is 0.192. The van der Waals surface area contributed by atoms with Crippen LogP contribution in [0.5, 0.6) is 5.88 Å². The van der Waals surface area contributed by atoms with Crippen molar-refractivity contribution in [3.8, 4) is 5.88 Å². The summed E-state index contributed by atoms with van der Waals surface area (Å²) in [7, 11) is 0. The standard InChI is InChI=1S/C26H22F3N5O/c27-26(28,29)23-25(34-24(33-23)22-12-5-4-9-19(22)15-31-34)35-17-21-11-6-10-20(32-21)16-30-14-13-18-7-2-1-3-8-18/h1-12,15,30H,13-14,16-17H2. The largest absolute Gasteiger partial charge is 0.470 e. The van der Waals surface area contributed by atoms with Gasteiger partial charge in [0.1, 0.15) is 6.61 Å². The van der Waals surface area contributed by atoms with Gasteiger partial charge in [-0.25, -0.2) is 4.98 Å². The van der Waals surface area contributed by atoms with Gasteiger partial charge in [0.2, 0.25) is 11.6 Å². The molecule has 0 atom stereocenters. The third kappa shape index (κ3) is 5.09. The molecule has 3 heterocycles. The lowest BCUT2D eigenvalue weighted by Crippen LogP contribution is -2.18. The minimum atomic E-state index is -4.69. The minimum absolute atomic E-state index is 0.0924. The molecule has 0 aliphatic rings. The molecular formula is C26H22F3N5O. The summed E-state index contributed by atoms with van der Waals surface area (Å²) >= 11 is 0. The van der Waals surface area contributed by atoms with E-state index < -0.39 is 17.8 Å². The van der Waals surface area contributed by atoms with Crippen LogP contribution in [0.3, 0.4) is 0 Å². The molecule has 1 N–H and O–H groups in total. The monoisotopic (exact) mass is 477 g/mol. The maximum Gasteiger partial charge on any atom is 0.438 e. The van der Waals surface area contributed by atoms with E-state index in [9.17, 15) is 13.2 Å². The maximum absolute atomic E-state index is 13.8. The molecule has 9 heteroatoms. The zero-order valence-electron chi connectivity index (χ0n) is 18.7. The topological polar surface area (TPSA) is 64.3 Å². The van der Waals surface area contributed by atoms with Gasteiger partial charge >= 0.3 is 6.18 Å². The molecule has 2 aromatic carbocycles. The second-order valence-electron chi connectivity index (χ2n) is 8.05. The van der Waals surface area contributed by atoms with Crippen molar-refractivity contribution in [2.45, 2.75) is 25.7 Å². The minimum Gasteiger partial charge on any atom is -0.470 e. The van der Waals surface area contributed by atoms with Gasteiger partial charge in [-0.3, -0.25) is 4.98 Å². The van der Waals surface area contributed by atoms with Gasteiger partial charge in [0.05, 0.1) is 17.6 Å². The number of aromatic nitrogens is 4. The lowest BCUT2D eigenvalue weighted by atomic mass is 10.1. The van der Waals surface area contributed by atoms with E-state index in [-0.39, 0.29) is 12.3 Å². The van der Waals surface area contributed by atoms with Gasteiger partial charge in [0.15, 0.2) is 5.65 Å². The third-order valence-corrected chi connectivity index (χ3v) is 5.56. The van der Waals surface area contributed by atoms with Crippen molar-refractivity contribution in [1.82, 2.24) is 24.9 Å². The Morgan fingerprint density at radius 1 is 0.857 bits per heavy atom. The molecule has 0 radical (unpaired) electrons. The van der Waals surface area contributed by atoms with Crippen molar-refractivity contribution < 1.29 is 17.9 Å². The van der Waals surface area contributed by atoms with Crippen molar-refractivity contribution in [1.29, 1.82) is 0 Å². The second kappa shape index (κ2) is 9.71. The van der Waals surface area contributed by atoms with Crippen LogP contribution in [0, 0.1) is 0 Å². The van der Waals surface area contributed by atoms with Gasteiger partial charge in [-0.2, -0.15) is 22.8 Å². The van der Waals surface area contributed by atoms with Crippen LogP contribution in [-0.4, -0.2) is 26.1 Å². The first-order valence-corrected chi connectivity index (χ1v) is 11.1. The molecule has 178 valence electrons. The zero-order chi connectivity index (χ0) is 24.3. The average Bonchev–Trinajstić information content (AvgIpc) is 3.26. The van der Waals surface area contributed by atoms with Gasteiger partial charge in [0.25, 0.3) is 0 Å². The molecule has 6 nitrogen and oxygen atoms in total. The molecule has 0 aliphatic heterocycles. The molecular weight excluding hydrogens is 455 g/mol. The number of nitrogens with one attached hydrogen (secondary N) is 1. The van der Waals surface area contributed by atoms with Crippen LogP contribution in [0.1, 0.15) is 22.6 Å². The number of hydrogen-bond donors (Lipinski definition) is 1. The van der Waals surface area contributed by atoms with E-state index in [1.807, 2.05) is 30.3 Å². The number of imidazole rings is 1. The van der Waals surface area contributed by atoms with Crippen molar-refractivity contribution in [3.63, 3.8) is 0 Å². The summed E-state index contributed by atoms with van der Waals surface area (Å²) in [6.07, 6.45) is -2.31. The Labute approximate surface area is 199 Å². The van der Waals surface area contributed by atoms with Crippen LogP contribution in [0.2, 0.25) is 0 Å². The van der Waals surface area contributed by atoms with Crippen LogP contribution in [0.15, 0.2) is 79.0 Å². The lowest BCUT2D eigenvalue weighted by Gasteiger charge is -2.10. The first-order valence-electron chi connectivity index (χ1n) is 11.1. The van der Waals surface area contributed by atoms with Gasteiger partial charge in [0, 0.05) is 17.3 Å². The first-order chi connectivity index (χ1) is 17.0. The highest BCUT2D eigenvalue weighted by molar-refractivity contribution is 5.93. The highest BCUT2D eigenvalue weighted by atomic mass is 19.4. The molecule has 0 saturated heterocycles. The number of pyridine rings is 1. The smallest absolute Gasteiger partial charge is 0.438 e. The molecule has 3 aromatic heterocycles. The normalized spacial score (nSPS) is 11.9. The van der Waals surface area contributed by atoms with Crippen LogP contribution < -0.4 is 10.1 Å². The van der Waals surface area contributed by atoms with Crippen molar-refractivity contribution in [2.75, 3.05) is 6.54 Å². The number of halogens is 3. The second-order valence-corrected chi connectivity index (χ2v) is 8.05. The van der Waals surface area contributed by atoms with E-state index in [1.165, 1.54) is 11.8 Å². The van der Waals surface area contributed by atoms with E-state index >= 15 is 0 Å². The molecule has 0 aliphatic carbocycles. The summed E-state index contributed by atoms with van der Waals surface area (Å²) in [5, 5.41) is 8.74. The molecule has 0 fully saturated rings. The Balaban J connectivity index is 1.31. The van der Waals surface area contributed by atoms with Crippen molar-refractivity contribution in [3.05, 3.63) is 102 Å². The molecule has 0 unspecified atom stereocenters. The zero-order valence-corrected chi connectivity index (χ0v) is 18.7. The Morgan fingerprint density at radius 3 is 2.46 bits per heavy atom. The first kappa shape index (κ1) is 22.8. The highest BCUT2D eigenvalue weighted by Gasteiger charge is 2.40. The van der Waals surface area contributed by atoms with E-state index in [2.05, 4.69) is 32.5 Å². The molecule has 0 spiro atoms. The van der Waals surface area contributed by atoms with Gasteiger partial charge in [-0.15, -0.1) is 0 Å². The fourth-order valence-corrected chi connectivity index (χ4v) is 3.87. The molecule has 5 rings (SSSR count). The summed E-state index contributed by atoms with van der Waals surface area (Å²) in [5.74, 6) is -0.452. The van der Waals surface area contributed by atoms with Crippen molar-refractivity contribution >= 4 is 16.4 Å². The molecule has 5 aromatic rings. The van der Waals surface area contributed by atoms with Crippen LogP contribution in [-0.2, 0) is 25.7 Å². The summed E-state index contributed by atoms with van der Waals surface area (Å²) in [6.45, 7) is 1.17. The van der Waals surface area contributed by atoms with Crippen molar-refractivity contribution in [2.24, 2.45) is 0 Å². The quantitative estimate of drug-likeness (QED) is 0.311. The Kier molecular flexibility index (Phi) is 6.33. The Hall–Kier alpha value is -3.98. The maximum atomic E-state index is 13.8. The highest BCUT2D eigenvalue weighted by Crippen LogP contribution is 2.37. The lowest BCUT2D eigenvalue weighted by molar-refractivity contribution is -0.142. The molecule has 0 amide bonds. The van der Waals surface area contributed by atoms with Crippen LogP contribution >= 0.6 is 0 Å². The predicted octanol–water partition coefficient (Wildman–Crippen LogP) is 5.21. The average molecular weight is 477 g/mol. The number of rotatable bonds is 8. The van der Waals surface area contributed by atoms with Crippen LogP contribution in [0.4, 0.5) is 13.2 Å². The summed E-state index contributed by atoms with van der Waals surface area (Å²) < 4.78 is 48.0.